The van der Waals surface area contributed by atoms with Gasteiger partial charge < -0.3 is 15.6 Å². The molecule has 0 saturated carbocycles. The van der Waals surface area contributed by atoms with Crippen LogP contribution in [0.5, 0.6) is 0 Å². The van der Waals surface area contributed by atoms with Gasteiger partial charge in [0, 0.05) is 28.6 Å². The zero-order valence-corrected chi connectivity index (χ0v) is 23.7. The number of imidazole rings is 1. The zero-order valence-electron chi connectivity index (χ0n) is 22.9. The maximum absolute atomic E-state index is 12.7. The first-order valence-electron chi connectivity index (χ1n) is 13.9. The average molecular weight is 577 g/mol. The fourth-order valence-electron chi connectivity index (χ4n) is 5.45. The molecule has 4 N–H and O–H groups in total. The second-order valence-electron chi connectivity index (χ2n) is 10.6. The van der Waals surface area contributed by atoms with E-state index < -0.39 is 0 Å². The lowest BCUT2D eigenvalue weighted by molar-refractivity contribution is -0.117. The molecule has 11 heteroatoms. The van der Waals surface area contributed by atoms with Crippen LogP contribution >= 0.6 is 11.3 Å². The van der Waals surface area contributed by atoms with Gasteiger partial charge in [0.15, 0.2) is 17.3 Å². The summed E-state index contributed by atoms with van der Waals surface area (Å²) in [6.45, 7) is 3.50. The number of nitrogens with one attached hydrogen (secondary N) is 4. The highest BCUT2D eigenvalue weighted by atomic mass is 32.1. The van der Waals surface area contributed by atoms with E-state index in [2.05, 4.69) is 30.8 Å². The highest BCUT2D eigenvalue weighted by Gasteiger charge is 2.19. The number of hydrogen-bond donors (Lipinski definition) is 4. The van der Waals surface area contributed by atoms with Gasteiger partial charge >= 0.3 is 0 Å². The topological polar surface area (TPSA) is 141 Å². The molecule has 1 amide bonds. The standard InChI is InChI=1S/C31H28N8O2S/c1-17(40)25-7-8-26(42-25)21-3-2-4-23-28(21)37-31(36-23)30-29-24(38-39-30)6-5-22(35-29)19-14-20(16-33-15-19)34-27(41)13-18-9-11-32-12-10-18/h2-8,14-16,18,32H,9-13H2,1H3,(H,34,41)(H,36,37)(H,38,39). The number of H-pyrrole nitrogens is 2. The number of aromatic amines is 2. The van der Waals surface area contributed by atoms with E-state index in [1.807, 2.05) is 48.5 Å². The van der Waals surface area contributed by atoms with Gasteiger partial charge in [0.2, 0.25) is 5.91 Å². The van der Waals surface area contributed by atoms with Crippen molar-refractivity contribution in [1.29, 1.82) is 0 Å². The fraction of sp³-hybridized carbons (Fsp3) is 0.226. The van der Waals surface area contributed by atoms with Crippen molar-refractivity contribution in [2.75, 3.05) is 18.4 Å². The molecule has 0 unspecified atom stereocenters. The number of fused-ring (bicyclic) bond motifs is 2. The molecule has 6 aromatic rings. The summed E-state index contributed by atoms with van der Waals surface area (Å²) in [5, 5.41) is 13.9. The van der Waals surface area contributed by atoms with Gasteiger partial charge in [-0.3, -0.25) is 19.7 Å². The number of carbonyl (C=O) groups is 2. The number of benzene rings is 1. The second kappa shape index (κ2) is 10.9. The van der Waals surface area contributed by atoms with E-state index in [0.717, 1.165) is 58.5 Å². The minimum atomic E-state index is 0.00528. The van der Waals surface area contributed by atoms with Gasteiger partial charge in [-0.25, -0.2) is 9.97 Å². The summed E-state index contributed by atoms with van der Waals surface area (Å²) in [5.74, 6) is 1.05. The molecular weight excluding hydrogens is 548 g/mol. The molecule has 210 valence electrons. The number of aromatic nitrogens is 6. The Morgan fingerprint density at radius 2 is 1.88 bits per heavy atom. The quantitative estimate of drug-likeness (QED) is 0.175. The lowest BCUT2D eigenvalue weighted by atomic mass is 9.94. The minimum absolute atomic E-state index is 0.00528. The molecule has 0 aliphatic carbocycles. The first kappa shape index (κ1) is 26.2. The van der Waals surface area contributed by atoms with E-state index in [4.69, 9.17) is 9.97 Å². The van der Waals surface area contributed by atoms with Crippen LogP contribution in [0.1, 0.15) is 35.9 Å². The number of anilines is 1. The number of para-hydroxylation sites is 1. The first-order valence-corrected chi connectivity index (χ1v) is 14.7. The second-order valence-corrected chi connectivity index (χ2v) is 11.7. The number of amides is 1. The summed E-state index contributed by atoms with van der Waals surface area (Å²) in [6.07, 6.45) is 5.94. The van der Waals surface area contributed by atoms with Crippen molar-refractivity contribution in [3.63, 3.8) is 0 Å². The van der Waals surface area contributed by atoms with E-state index >= 15 is 0 Å². The average Bonchev–Trinajstić information content (AvgIpc) is 3.75. The summed E-state index contributed by atoms with van der Waals surface area (Å²) in [7, 11) is 0. The van der Waals surface area contributed by atoms with Crippen molar-refractivity contribution < 1.29 is 9.59 Å². The monoisotopic (exact) mass is 576 g/mol. The Bertz CT molecular complexity index is 1950. The summed E-state index contributed by atoms with van der Waals surface area (Å²) in [6, 6.07) is 15.5. The Balaban J connectivity index is 1.19. The largest absolute Gasteiger partial charge is 0.336 e. The van der Waals surface area contributed by atoms with Gasteiger partial charge in [0.05, 0.1) is 39.0 Å². The summed E-state index contributed by atoms with van der Waals surface area (Å²) >= 11 is 1.46. The van der Waals surface area contributed by atoms with Crippen molar-refractivity contribution in [3.8, 4) is 33.2 Å². The number of nitrogens with zero attached hydrogens (tertiary/aromatic N) is 4. The van der Waals surface area contributed by atoms with Crippen molar-refractivity contribution >= 4 is 50.8 Å². The molecule has 42 heavy (non-hydrogen) atoms. The molecular formula is C31H28N8O2S. The molecule has 7 rings (SSSR count). The number of pyridine rings is 2. The van der Waals surface area contributed by atoms with E-state index in [1.165, 1.54) is 11.3 Å². The molecule has 1 fully saturated rings. The summed E-state index contributed by atoms with van der Waals surface area (Å²) in [5.41, 5.74) is 6.80. The lowest BCUT2D eigenvalue weighted by Gasteiger charge is -2.21. The van der Waals surface area contributed by atoms with Crippen molar-refractivity contribution in [1.82, 2.24) is 35.5 Å². The molecule has 6 heterocycles. The van der Waals surface area contributed by atoms with Gasteiger partial charge in [0.1, 0.15) is 5.52 Å². The zero-order chi connectivity index (χ0) is 28.6. The number of Topliss-reactive ketones (excluding diaryl/α,β-unsaturated/α-hetero) is 1. The molecule has 0 bridgehead atoms. The lowest BCUT2D eigenvalue weighted by Crippen LogP contribution is -2.30. The van der Waals surface area contributed by atoms with Gasteiger partial charge in [-0.2, -0.15) is 5.10 Å². The number of ketones is 1. The van der Waals surface area contributed by atoms with Gasteiger partial charge in [-0.1, -0.05) is 12.1 Å². The summed E-state index contributed by atoms with van der Waals surface area (Å²) < 4.78 is 0. The number of hydrogen-bond acceptors (Lipinski definition) is 8. The van der Waals surface area contributed by atoms with E-state index in [9.17, 15) is 9.59 Å². The Morgan fingerprint density at radius 3 is 2.71 bits per heavy atom. The summed E-state index contributed by atoms with van der Waals surface area (Å²) in [4.78, 5) is 43.8. The molecule has 10 nitrogen and oxygen atoms in total. The van der Waals surface area contributed by atoms with Crippen LogP contribution in [0.3, 0.4) is 0 Å². The fourth-order valence-corrected chi connectivity index (χ4v) is 6.38. The molecule has 1 aliphatic rings. The molecule has 0 radical (unpaired) electrons. The molecule has 1 saturated heterocycles. The van der Waals surface area contributed by atoms with Gasteiger partial charge in [0.25, 0.3) is 0 Å². The predicted octanol–water partition coefficient (Wildman–Crippen LogP) is 5.82. The van der Waals surface area contributed by atoms with E-state index in [1.54, 1.807) is 19.3 Å². The molecule has 5 aromatic heterocycles. The number of piperidine rings is 1. The number of carbonyl (C=O) groups excluding carboxylic acids is 2. The third kappa shape index (κ3) is 5.08. The third-order valence-electron chi connectivity index (χ3n) is 7.61. The Morgan fingerprint density at radius 1 is 1.00 bits per heavy atom. The maximum Gasteiger partial charge on any atom is 0.224 e. The Hall–Kier alpha value is -4.74. The van der Waals surface area contributed by atoms with Crippen LogP contribution < -0.4 is 10.6 Å². The van der Waals surface area contributed by atoms with Crippen molar-refractivity contribution in [2.45, 2.75) is 26.2 Å². The maximum atomic E-state index is 12.7. The van der Waals surface area contributed by atoms with Crippen LogP contribution in [0.2, 0.25) is 0 Å². The Labute approximate surface area is 245 Å². The highest BCUT2D eigenvalue weighted by Crippen LogP contribution is 2.35. The smallest absolute Gasteiger partial charge is 0.224 e. The van der Waals surface area contributed by atoms with Crippen LogP contribution in [0.4, 0.5) is 5.69 Å². The SMILES string of the molecule is CC(=O)c1ccc(-c2cccc3[nH]c(-c4n[nH]c5ccc(-c6cncc(NC(=O)CC7CCNCC7)c6)nc45)nc23)s1. The normalized spacial score (nSPS) is 14.0. The van der Waals surface area contributed by atoms with Crippen molar-refractivity contribution in [3.05, 3.63) is 65.8 Å². The minimum Gasteiger partial charge on any atom is -0.336 e. The Kier molecular flexibility index (Phi) is 6.80. The van der Waals surface area contributed by atoms with Crippen LogP contribution in [-0.4, -0.2) is 54.9 Å². The van der Waals surface area contributed by atoms with Crippen LogP contribution in [0.25, 0.3) is 55.3 Å². The van der Waals surface area contributed by atoms with Crippen LogP contribution in [0.15, 0.2) is 60.9 Å². The number of rotatable bonds is 7. The van der Waals surface area contributed by atoms with Crippen molar-refractivity contribution in [2.24, 2.45) is 5.92 Å². The first-order chi connectivity index (χ1) is 20.5. The van der Waals surface area contributed by atoms with Gasteiger partial charge in [-0.15, -0.1) is 11.3 Å². The molecule has 0 spiro atoms. The third-order valence-corrected chi connectivity index (χ3v) is 8.83. The molecule has 1 aliphatic heterocycles. The number of thiophene rings is 1. The van der Waals surface area contributed by atoms with Crippen LogP contribution in [-0.2, 0) is 4.79 Å². The highest BCUT2D eigenvalue weighted by molar-refractivity contribution is 7.17. The van der Waals surface area contributed by atoms with E-state index in [-0.39, 0.29) is 11.7 Å². The molecule has 0 atom stereocenters. The van der Waals surface area contributed by atoms with E-state index in [0.29, 0.717) is 45.6 Å². The van der Waals surface area contributed by atoms with Gasteiger partial charge in [-0.05, 0) is 75.2 Å². The molecule has 1 aromatic carbocycles. The van der Waals surface area contributed by atoms with Crippen LogP contribution in [0, 0.1) is 5.92 Å². The predicted molar refractivity (Wildman–Crippen MR) is 164 cm³/mol.